The van der Waals surface area contributed by atoms with Gasteiger partial charge in [0.25, 0.3) is 5.91 Å². The Kier molecular flexibility index (Phi) is 6.83. The maximum atomic E-state index is 13.2. The molecule has 1 atom stereocenters. The molecule has 0 unspecified atom stereocenters. The molecule has 1 N–H and O–H groups in total. The number of para-hydroxylation sites is 2. The zero-order valence-electron chi connectivity index (χ0n) is 18.9. The van der Waals surface area contributed by atoms with Crippen molar-refractivity contribution < 1.29 is 14.3 Å². The van der Waals surface area contributed by atoms with Crippen LogP contribution < -0.4 is 15.0 Å². The molecule has 2 aliphatic rings. The van der Waals surface area contributed by atoms with Gasteiger partial charge in [0.2, 0.25) is 0 Å². The zero-order valence-corrected chi connectivity index (χ0v) is 18.9. The van der Waals surface area contributed by atoms with Crippen molar-refractivity contribution in [3.63, 3.8) is 0 Å². The Morgan fingerprint density at radius 1 is 0.969 bits per heavy atom. The van der Waals surface area contributed by atoms with Gasteiger partial charge in [-0.25, -0.2) is 4.79 Å². The van der Waals surface area contributed by atoms with Crippen LogP contribution in [0, 0.1) is 0 Å². The van der Waals surface area contributed by atoms with E-state index in [1.807, 2.05) is 46.2 Å². The average Bonchev–Trinajstić information content (AvgIpc) is 2.88. The number of benzene rings is 2. The van der Waals surface area contributed by atoms with Crippen LogP contribution in [0.25, 0.3) is 0 Å². The van der Waals surface area contributed by atoms with Crippen LogP contribution in [0.4, 0.5) is 10.5 Å². The standard InChI is InChI=1S/C25H32N4O3/c1-26-25(31)29-12-6-9-21(18-29)19-7-5-8-20(17-19)24(30)28-15-13-27(14-16-28)22-10-3-4-11-23(22)32-2/h3-5,7-8,10-11,17,21H,6,9,12-16,18H2,1-2H3,(H,26,31)/t21-/m0/s1. The number of methoxy groups -OCH3 is 1. The summed E-state index contributed by atoms with van der Waals surface area (Å²) in [7, 11) is 3.35. The highest BCUT2D eigenvalue weighted by Gasteiger charge is 2.27. The molecule has 0 aromatic heterocycles. The molecule has 2 fully saturated rings. The predicted octanol–water partition coefficient (Wildman–Crippen LogP) is 3.18. The Hall–Kier alpha value is -3.22. The van der Waals surface area contributed by atoms with E-state index < -0.39 is 0 Å². The van der Waals surface area contributed by atoms with Gasteiger partial charge in [-0.2, -0.15) is 0 Å². The molecule has 2 aromatic rings. The molecule has 0 saturated carbocycles. The van der Waals surface area contributed by atoms with Crippen LogP contribution in [0.3, 0.4) is 0 Å². The fraction of sp³-hybridized carbons (Fsp3) is 0.440. The summed E-state index contributed by atoms with van der Waals surface area (Å²) < 4.78 is 5.49. The van der Waals surface area contributed by atoms with Gasteiger partial charge in [-0.15, -0.1) is 0 Å². The number of piperidine rings is 1. The largest absolute Gasteiger partial charge is 0.495 e. The Balaban J connectivity index is 1.41. The van der Waals surface area contributed by atoms with Crippen LogP contribution in [-0.4, -0.2) is 75.2 Å². The Morgan fingerprint density at radius 2 is 1.75 bits per heavy atom. The lowest BCUT2D eigenvalue weighted by molar-refractivity contribution is 0.0746. The van der Waals surface area contributed by atoms with Crippen LogP contribution in [-0.2, 0) is 0 Å². The van der Waals surface area contributed by atoms with E-state index in [2.05, 4.69) is 22.3 Å². The first-order valence-electron chi connectivity index (χ1n) is 11.3. The third-order valence-electron chi connectivity index (χ3n) is 6.52. The number of nitrogens with zero attached hydrogens (tertiary/aromatic N) is 3. The summed E-state index contributed by atoms with van der Waals surface area (Å²) in [6.45, 7) is 4.37. The number of carbonyl (C=O) groups is 2. The van der Waals surface area contributed by atoms with Crippen LogP contribution in [0.15, 0.2) is 48.5 Å². The van der Waals surface area contributed by atoms with Crippen molar-refractivity contribution in [1.29, 1.82) is 0 Å². The maximum Gasteiger partial charge on any atom is 0.317 e. The number of urea groups is 1. The second-order valence-corrected chi connectivity index (χ2v) is 8.42. The van der Waals surface area contributed by atoms with E-state index in [1.54, 1.807) is 14.2 Å². The zero-order chi connectivity index (χ0) is 22.5. The second-order valence-electron chi connectivity index (χ2n) is 8.42. The van der Waals surface area contributed by atoms with Gasteiger partial charge in [0.1, 0.15) is 5.75 Å². The molecular weight excluding hydrogens is 404 g/mol. The minimum atomic E-state index is -0.0325. The molecule has 32 heavy (non-hydrogen) atoms. The van der Waals surface area contributed by atoms with E-state index in [4.69, 9.17) is 4.74 Å². The van der Waals surface area contributed by atoms with Crippen molar-refractivity contribution in [3.8, 4) is 5.75 Å². The van der Waals surface area contributed by atoms with Gasteiger partial charge in [0.05, 0.1) is 12.8 Å². The molecule has 0 spiro atoms. The number of amides is 3. The van der Waals surface area contributed by atoms with Gasteiger partial charge in [0.15, 0.2) is 0 Å². The highest BCUT2D eigenvalue weighted by molar-refractivity contribution is 5.94. The van der Waals surface area contributed by atoms with Crippen molar-refractivity contribution in [1.82, 2.24) is 15.1 Å². The van der Waals surface area contributed by atoms with Gasteiger partial charge in [-0.05, 0) is 42.7 Å². The van der Waals surface area contributed by atoms with E-state index in [9.17, 15) is 9.59 Å². The summed E-state index contributed by atoms with van der Waals surface area (Å²) in [6, 6.07) is 15.9. The number of hydrogen-bond donors (Lipinski definition) is 1. The average molecular weight is 437 g/mol. The van der Waals surface area contributed by atoms with Gasteiger partial charge >= 0.3 is 6.03 Å². The highest BCUT2D eigenvalue weighted by Crippen LogP contribution is 2.30. The second kappa shape index (κ2) is 9.94. The summed E-state index contributed by atoms with van der Waals surface area (Å²) in [5.74, 6) is 1.19. The molecule has 170 valence electrons. The summed E-state index contributed by atoms with van der Waals surface area (Å²) in [5.41, 5.74) is 2.93. The first-order valence-corrected chi connectivity index (χ1v) is 11.3. The van der Waals surface area contributed by atoms with E-state index in [1.165, 1.54) is 0 Å². The van der Waals surface area contributed by atoms with Crippen LogP contribution in [0.1, 0.15) is 34.7 Å². The molecular formula is C25H32N4O3. The fourth-order valence-electron chi connectivity index (χ4n) is 4.74. The Labute approximate surface area is 189 Å². The summed E-state index contributed by atoms with van der Waals surface area (Å²) in [6.07, 6.45) is 2.00. The molecule has 2 heterocycles. The number of anilines is 1. The molecule has 0 bridgehead atoms. The van der Waals surface area contributed by atoms with Gasteiger partial charge in [0, 0.05) is 57.8 Å². The fourth-order valence-corrected chi connectivity index (χ4v) is 4.74. The summed E-state index contributed by atoms with van der Waals surface area (Å²) >= 11 is 0. The number of piperazine rings is 1. The number of carbonyl (C=O) groups excluding carboxylic acids is 2. The van der Waals surface area contributed by atoms with Crippen LogP contribution in [0.5, 0.6) is 5.75 Å². The molecule has 7 nitrogen and oxygen atoms in total. The highest BCUT2D eigenvalue weighted by atomic mass is 16.5. The van der Waals surface area contributed by atoms with Crippen molar-refractivity contribution in [2.24, 2.45) is 0 Å². The van der Waals surface area contributed by atoms with E-state index >= 15 is 0 Å². The lowest BCUT2D eigenvalue weighted by Crippen LogP contribution is -2.49. The minimum absolute atomic E-state index is 0.0325. The topological polar surface area (TPSA) is 65.1 Å². The van der Waals surface area contributed by atoms with Crippen molar-refractivity contribution in [3.05, 3.63) is 59.7 Å². The number of rotatable bonds is 4. The minimum Gasteiger partial charge on any atom is -0.495 e. The molecule has 2 saturated heterocycles. The Bertz CT molecular complexity index is 956. The van der Waals surface area contributed by atoms with E-state index in [0.717, 1.165) is 55.0 Å². The number of hydrogen-bond acceptors (Lipinski definition) is 4. The lowest BCUT2D eigenvalue weighted by atomic mass is 9.89. The van der Waals surface area contributed by atoms with E-state index in [0.29, 0.717) is 19.6 Å². The predicted molar refractivity (Wildman–Crippen MR) is 126 cm³/mol. The molecule has 2 aromatic carbocycles. The molecule has 4 rings (SSSR count). The molecule has 0 aliphatic carbocycles. The van der Waals surface area contributed by atoms with Crippen LogP contribution >= 0.6 is 0 Å². The normalized spacial score (nSPS) is 18.9. The van der Waals surface area contributed by atoms with E-state index in [-0.39, 0.29) is 17.9 Å². The van der Waals surface area contributed by atoms with Crippen molar-refractivity contribution in [2.75, 3.05) is 58.3 Å². The smallest absolute Gasteiger partial charge is 0.317 e. The first-order chi connectivity index (χ1) is 15.6. The lowest BCUT2D eigenvalue weighted by Gasteiger charge is -2.37. The number of nitrogens with one attached hydrogen (secondary N) is 1. The summed E-state index contributed by atoms with van der Waals surface area (Å²) in [4.78, 5) is 31.3. The number of likely N-dealkylation sites (tertiary alicyclic amines) is 1. The number of ether oxygens (including phenoxy) is 1. The van der Waals surface area contributed by atoms with Crippen molar-refractivity contribution >= 4 is 17.6 Å². The maximum absolute atomic E-state index is 13.2. The van der Waals surface area contributed by atoms with Gasteiger partial charge in [-0.1, -0.05) is 24.3 Å². The monoisotopic (exact) mass is 436 g/mol. The molecule has 2 aliphatic heterocycles. The first kappa shape index (κ1) is 22.0. The van der Waals surface area contributed by atoms with Gasteiger partial charge < -0.3 is 24.8 Å². The molecule has 7 heteroatoms. The SMILES string of the molecule is CNC(=O)N1CCC[C@H](c2cccc(C(=O)N3CCN(c4ccccc4OC)CC3)c2)C1. The third kappa shape index (κ3) is 4.66. The molecule has 3 amide bonds. The molecule has 0 radical (unpaired) electrons. The van der Waals surface area contributed by atoms with Gasteiger partial charge in [-0.3, -0.25) is 4.79 Å². The van der Waals surface area contributed by atoms with Crippen molar-refractivity contribution in [2.45, 2.75) is 18.8 Å². The third-order valence-corrected chi connectivity index (χ3v) is 6.52. The summed E-state index contributed by atoms with van der Waals surface area (Å²) in [5, 5.41) is 2.72. The van der Waals surface area contributed by atoms with Crippen LogP contribution in [0.2, 0.25) is 0 Å². The Morgan fingerprint density at radius 3 is 2.50 bits per heavy atom. The quantitative estimate of drug-likeness (QED) is 0.800.